The second kappa shape index (κ2) is 9.75. The van der Waals surface area contributed by atoms with E-state index in [4.69, 9.17) is 4.89 Å². The van der Waals surface area contributed by atoms with E-state index >= 15 is 0 Å². The van der Waals surface area contributed by atoms with Gasteiger partial charge >= 0.3 is 23.4 Å². The van der Waals surface area contributed by atoms with Crippen molar-refractivity contribution in [3.63, 3.8) is 0 Å². The highest BCUT2D eigenvalue weighted by Gasteiger charge is 2.40. The smallest absolute Gasteiger partial charge is 0.383 e. The van der Waals surface area contributed by atoms with Crippen LogP contribution >= 0.6 is 23.4 Å². The molecule has 3 unspecified atom stereocenters. The van der Waals surface area contributed by atoms with Gasteiger partial charge in [0.1, 0.15) is 4.90 Å². The van der Waals surface area contributed by atoms with Crippen LogP contribution in [0.3, 0.4) is 0 Å². The molecule has 2 rings (SSSR count). The molecule has 0 radical (unpaired) electrons. The van der Waals surface area contributed by atoms with Gasteiger partial charge in [-0.3, -0.25) is 9.08 Å². The van der Waals surface area contributed by atoms with Gasteiger partial charge in [-0.2, -0.15) is 17.0 Å². The summed E-state index contributed by atoms with van der Waals surface area (Å²) in [5.74, 6) is 0. The predicted octanol–water partition coefficient (Wildman–Crippen LogP) is 2.07. The highest BCUT2D eigenvalue weighted by molar-refractivity contribution is 7.86. The average molecular weight is 520 g/mol. The fourth-order valence-corrected chi connectivity index (χ4v) is 6.55. The summed E-state index contributed by atoms with van der Waals surface area (Å²) < 4.78 is 78.6. The zero-order valence-corrected chi connectivity index (χ0v) is 19.2. The Kier molecular flexibility index (Phi) is 8.20. The summed E-state index contributed by atoms with van der Waals surface area (Å²) in [6.45, 7) is -0.348. The van der Waals surface area contributed by atoms with Crippen LogP contribution in [0.1, 0.15) is 0 Å². The maximum atomic E-state index is 11.9. The molecule has 0 aromatic heterocycles. The summed E-state index contributed by atoms with van der Waals surface area (Å²) in [5.41, 5.74) is 0.427. The molecule has 6 N–H and O–H groups in total. The van der Waals surface area contributed by atoms with Crippen LogP contribution in [0.15, 0.2) is 41.3 Å². The third kappa shape index (κ3) is 7.72. The van der Waals surface area contributed by atoms with Gasteiger partial charge in [0.05, 0.1) is 0 Å². The van der Waals surface area contributed by atoms with E-state index < -0.39 is 33.5 Å². The molecule has 31 heavy (non-hydrogen) atoms. The lowest BCUT2D eigenvalue weighted by atomic mass is 10.1. The molecule has 0 aliphatic carbocycles. The summed E-state index contributed by atoms with van der Waals surface area (Å²) in [5, 5.41) is 5.47. The molecular weight excluding hydrogens is 501 g/mol. The first-order valence-electron chi connectivity index (χ1n) is 8.11. The Morgan fingerprint density at radius 2 is 1.52 bits per heavy atom. The number of fused-ring (bicyclic) bond motifs is 1. The summed E-state index contributed by atoms with van der Waals surface area (Å²) >= 11 is 0. The number of benzene rings is 2. The minimum Gasteiger partial charge on any atom is -0.383 e. The lowest BCUT2D eigenvalue weighted by molar-refractivity contribution is 0.201. The molecule has 0 saturated heterocycles. The first-order chi connectivity index (χ1) is 14.2. The predicted molar refractivity (Wildman–Crippen MR) is 109 cm³/mol. The largest absolute Gasteiger partial charge is 0.489 e. The highest BCUT2D eigenvalue weighted by Crippen LogP contribution is 2.66. The Labute approximate surface area is 176 Å². The number of phosphoric acid groups is 2. The van der Waals surface area contributed by atoms with Crippen molar-refractivity contribution in [3.8, 4) is 0 Å². The third-order valence-corrected chi connectivity index (χ3v) is 8.92. The highest BCUT2D eigenvalue weighted by atomic mass is 32.2. The third-order valence-electron chi connectivity index (χ3n) is 3.56. The minimum atomic E-state index is -5.43. The van der Waals surface area contributed by atoms with Gasteiger partial charge < -0.3 is 20.0 Å². The molecule has 2 aromatic rings. The van der Waals surface area contributed by atoms with E-state index in [-0.39, 0.29) is 23.4 Å². The molecule has 174 valence electrons. The van der Waals surface area contributed by atoms with Crippen molar-refractivity contribution >= 4 is 50.0 Å². The van der Waals surface area contributed by atoms with Gasteiger partial charge in [-0.1, -0.05) is 24.3 Å². The molecule has 0 fully saturated rings. The second-order valence-electron chi connectivity index (χ2n) is 5.77. The number of nitrogens with one attached hydrogen (secondary N) is 2. The Morgan fingerprint density at radius 1 is 0.903 bits per heavy atom. The molecule has 0 spiro atoms. The summed E-state index contributed by atoms with van der Waals surface area (Å²) in [6, 6.07) is 8.83. The van der Waals surface area contributed by atoms with Crippen LogP contribution in [0.5, 0.6) is 0 Å². The van der Waals surface area contributed by atoms with Crippen LogP contribution in [0.25, 0.3) is 10.8 Å². The zero-order valence-electron chi connectivity index (χ0n) is 15.7. The first kappa shape index (κ1) is 26.1. The van der Waals surface area contributed by atoms with Crippen LogP contribution in [0, 0.1) is 0 Å². The fraction of sp³-hybridized carbons (Fsp3) is 0.231. The van der Waals surface area contributed by atoms with E-state index in [1.165, 1.54) is 24.3 Å². The van der Waals surface area contributed by atoms with Crippen molar-refractivity contribution in [2.24, 2.45) is 0 Å². The molecule has 0 aliphatic heterocycles. The molecule has 2 aromatic carbocycles. The molecule has 0 aliphatic rings. The van der Waals surface area contributed by atoms with Crippen LogP contribution in [-0.4, -0.2) is 47.9 Å². The lowest BCUT2D eigenvalue weighted by Gasteiger charge is -2.18. The summed E-state index contributed by atoms with van der Waals surface area (Å²) in [4.78, 5) is 27.6. The van der Waals surface area contributed by atoms with Gasteiger partial charge in [0.2, 0.25) is 0 Å². The van der Waals surface area contributed by atoms with E-state index in [1.807, 2.05) is 5.09 Å². The van der Waals surface area contributed by atoms with E-state index in [0.29, 0.717) is 18.2 Å². The van der Waals surface area contributed by atoms with Gasteiger partial charge in [0, 0.05) is 36.7 Å². The quantitative estimate of drug-likeness (QED) is 0.142. The molecule has 0 saturated carbocycles. The Bertz CT molecular complexity index is 1200. The maximum Gasteiger partial charge on any atom is 0.489 e. The molecule has 0 amide bonds. The van der Waals surface area contributed by atoms with Crippen LogP contribution in [0.2, 0.25) is 0 Å². The number of hydrogen-bond acceptors (Lipinski definition) is 9. The van der Waals surface area contributed by atoms with E-state index in [0.717, 1.165) is 0 Å². The zero-order chi connectivity index (χ0) is 23.5. The molecule has 0 heterocycles. The van der Waals surface area contributed by atoms with E-state index in [9.17, 15) is 36.5 Å². The van der Waals surface area contributed by atoms with Crippen molar-refractivity contribution in [2.45, 2.75) is 4.90 Å². The topological polar surface area (TPSA) is 218 Å². The summed E-state index contributed by atoms with van der Waals surface area (Å²) in [6.07, 6.45) is 0. The molecular formula is C13H19N2O12P3S. The molecule has 0 bridgehead atoms. The normalized spacial score (nSPS) is 18.1. The van der Waals surface area contributed by atoms with Crippen LogP contribution < -0.4 is 10.4 Å². The standard InChI is InChI=1S/C13H19N2O12P3S/c1-25-29(18,19)27-30(20,21)26-28(16,17)15-9-8-14-12-6-2-5-11-10(12)4-3-7-13(11)31(22,23)24/h2-7,14H,8-9H2,1H3,(H,18,19)(H,20,21)(H2,15,16,17)(H,22,23,24). The minimum absolute atomic E-state index is 0.0454. The molecule has 18 heteroatoms. The van der Waals surface area contributed by atoms with Crippen molar-refractivity contribution < 1.29 is 54.5 Å². The number of anilines is 1. The Balaban J connectivity index is 2.03. The SMILES string of the molecule is COP(=O)(O)OP(=O)(O)OP(=O)(O)NCCNc1cccc2c(S(=O)(=O)O)cccc12. The number of rotatable bonds is 11. The van der Waals surface area contributed by atoms with Crippen molar-refractivity contribution in [3.05, 3.63) is 36.4 Å². The number of phosphoric ester groups is 1. The average Bonchev–Trinajstić information content (AvgIpc) is 2.62. The summed E-state index contributed by atoms with van der Waals surface area (Å²) in [7, 11) is -19.1. The van der Waals surface area contributed by atoms with Gasteiger partial charge in [0.15, 0.2) is 0 Å². The Hall–Kier alpha value is -1.18. The van der Waals surface area contributed by atoms with Gasteiger partial charge in [-0.25, -0.2) is 18.8 Å². The van der Waals surface area contributed by atoms with Crippen molar-refractivity contribution in [2.75, 3.05) is 25.5 Å². The van der Waals surface area contributed by atoms with Crippen molar-refractivity contribution in [1.29, 1.82) is 0 Å². The monoisotopic (exact) mass is 520 g/mol. The second-order valence-corrected chi connectivity index (χ2v) is 12.1. The lowest BCUT2D eigenvalue weighted by Crippen LogP contribution is -2.20. The first-order valence-corrected chi connectivity index (χ1v) is 14.1. The van der Waals surface area contributed by atoms with Gasteiger partial charge in [0.25, 0.3) is 10.1 Å². The fourth-order valence-electron chi connectivity index (χ4n) is 2.40. The molecule has 3 atom stereocenters. The van der Waals surface area contributed by atoms with Gasteiger partial charge in [-0.05, 0) is 12.1 Å². The molecule has 14 nitrogen and oxygen atoms in total. The van der Waals surface area contributed by atoms with E-state index in [2.05, 4.69) is 18.5 Å². The van der Waals surface area contributed by atoms with Gasteiger partial charge in [-0.15, -0.1) is 0 Å². The van der Waals surface area contributed by atoms with E-state index in [1.54, 1.807) is 12.1 Å². The van der Waals surface area contributed by atoms with Crippen molar-refractivity contribution in [1.82, 2.24) is 5.09 Å². The maximum absolute atomic E-state index is 11.9. The van der Waals surface area contributed by atoms with Crippen LogP contribution in [-0.2, 0) is 37.0 Å². The number of hydrogen-bond donors (Lipinski definition) is 6. The Morgan fingerprint density at radius 3 is 2.13 bits per heavy atom. The van der Waals surface area contributed by atoms with Crippen LogP contribution in [0.4, 0.5) is 5.69 Å².